The molecular weight excluding hydrogens is 549 g/mol. The Morgan fingerprint density at radius 1 is 0.846 bits per heavy atom. The molecule has 2 atom stereocenters. The molecule has 39 heavy (non-hydrogen) atoms. The number of aromatic nitrogens is 2. The van der Waals surface area contributed by atoms with Gasteiger partial charge in [-0.15, -0.1) is 22.7 Å². The van der Waals surface area contributed by atoms with Gasteiger partial charge in [0.2, 0.25) is 0 Å². The molecule has 0 aliphatic heterocycles. The minimum absolute atomic E-state index is 0.0666. The van der Waals surface area contributed by atoms with Gasteiger partial charge < -0.3 is 11.5 Å². The molecule has 0 spiro atoms. The Balaban J connectivity index is 0.000000163. The summed E-state index contributed by atoms with van der Waals surface area (Å²) in [4.78, 5) is 11.6. The molecular formula is C29H44N4O3S3. The molecule has 0 unspecified atom stereocenters. The second-order valence-corrected chi connectivity index (χ2v) is 14.3. The number of benzene rings is 1. The molecule has 1 aromatic carbocycles. The zero-order valence-electron chi connectivity index (χ0n) is 23.5. The average molecular weight is 593 g/mol. The van der Waals surface area contributed by atoms with Gasteiger partial charge >= 0.3 is 0 Å². The minimum atomic E-state index is -4.02. The summed E-state index contributed by atoms with van der Waals surface area (Å²) in [5.41, 5.74) is 14.9. The lowest BCUT2D eigenvalue weighted by Crippen LogP contribution is -2.12. The van der Waals surface area contributed by atoms with Gasteiger partial charge in [0.1, 0.15) is 0 Å². The van der Waals surface area contributed by atoms with Crippen molar-refractivity contribution in [2.24, 2.45) is 11.8 Å². The van der Waals surface area contributed by atoms with Gasteiger partial charge in [0.25, 0.3) is 10.1 Å². The smallest absolute Gasteiger partial charge is 0.294 e. The van der Waals surface area contributed by atoms with E-state index in [9.17, 15) is 8.42 Å². The summed E-state index contributed by atoms with van der Waals surface area (Å²) in [7, 11) is -4.02. The maximum Gasteiger partial charge on any atom is 0.294 e. The van der Waals surface area contributed by atoms with Crippen LogP contribution in [0.2, 0.25) is 0 Å². The molecule has 5 N–H and O–H groups in total. The summed E-state index contributed by atoms with van der Waals surface area (Å²) in [5, 5.41) is 1.51. The predicted molar refractivity (Wildman–Crippen MR) is 164 cm³/mol. The molecule has 7 nitrogen and oxygen atoms in total. The van der Waals surface area contributed by atoms with Crippen LogP contribution in [-0.4, -0.2) is 22.9 Å². The van der Waals surface area contributed by atoms with Crippen LogP contribution in [-0.2, 0) is 35.8 Å². The molecule has 0 saturated heterocycles. The quantitative estimate of drug-likeness (QED) is 0.246. The van der Waals surface area contributed by atoms with E-state index in [4.69, 9.17) is 16.0 Å². The van der Waals surface area contributed by atoms with E-state index in [-0.39, 0.29) is 4.90 Å². The zero-order chi connectivity index (χ0) is 28.4. The normalized spacial score (nSPS) is 18.2. The highest BCUT2D eigenvalue weighted by molar-refractivity contribution is 7.85. The number of nitrogens with two attached hydrogens (primary N) is 2. The molecule has 2 heterocycles. The van der Waals surface area contributed by atoms with Crippen LogP contribution >= 0.6 is 22.7 Å². The minimum Gasteiger partial charge on any atom is -0.375 e. The Hall–Kier alpha value is -2.01. The Morgan fingerprint density at radius 2 is 1.28 bits per heavy atom. The van der Waals surface area contributed by atoms with Crippen LogP contribution in [0.15, 0.2) is 29.2 Å². The lowest BCUT2D eigenvalue weighted by atomic mass is 9.87. The highest BCUT2D eigenvalue weighted by Crippen LogP contribution is 2.34. The van der Waals surface area contributed by atoms with Gasteiger partial charge in [-0.05, 0) is 69.4 Å². The number of aryl methyl sites for hydroxylation is 3. The zero-order valence-corrected chi connectivity index (χ0v) is 25.9. The van der Waals surface area contributed by atoms with Crippen LogP contribution in [0.5, 0.6) is 0 Å². The van der Waals surface area contributed by atoms with Crippen LogP contribution in [0.3, 0.4) is 0 Å². The summed E-state index contributed by atoms with van der Waals surface area (Å²) < 4.78 is 29.6. The van der Waals surface area contributed by atoms with Crippen LogP contribution < -0.4 is 11.5 Å². The number of nitrogen functional groups attached to an aromatic ring is 2. The second-order valence-electron chi connectivity index (χ2n) is 10.6. The second kappa shape index (κ2) is 15.1. The monoisotopic (exact) mass is 592 g/mol. The lowest BCUT2D eigenvalue weighted by Gasteiger charge is -2.20. The van der Waals surface area contributed by atoms with Crippen molar-refractivity contribution >= 4 is 43.1 Å². The molecule has 0 amide bonds. The molecule has 2 aliphatic rings. The first-order valence-electron chi connectivity index (χ1n) is 14.1. The summed E-state index contributed by atoms with van der Waals surface area (Å²) in [6.45, 7) is 6.37. The number of thiazole rings is 2. The largest absolute Gasteiger partial charge is 0.375 e. The third kappa shape index (κ3) is 10.2. The number of nitrogens with zero attached hydrogens (tertiary/aromatic N) is 2. The van der Waals surface area contributed by atoms with Gasteiger partial charge in [0.05, 0.1) is 16.3 Å². The maximum absolute atomic E-state index is 10.5. The van der Waals surface area contributed by atoms with Crippen LogP contribution in [0.1, 0.15) is 91.9 Å². The molecule has 5 rings (SSSR count). The molecule has 2 aromatic heterocycles. The Kier molecular flexibility index (Phi) is 12.2. The molecule has 10 heteroatoms. The van der Waals surface area contributed by atoms with E-state index in [0.717, 1.165) is 40.5 Å². The lowest BCUT2D eigenvalue weighted by molar-refractivity contribution is 0.414. The van der Waals surface area contributed by atoms with Gasteiger partial charge in [-0.25, -0.2) is 9.97 Å². The van der Waals surface area contributed by atoms with Crippen molar-refractivity contribution in [3.05, 3.63) is 51.0 Å². The molecule has 216 valence electrons. The highest BCUT2D eigenvalue weighted by Gasteiger charge is 2.22. The van der Waals surface area contributed by atoms with Gasteiger partial charge in [-0.3, -0.25) is 4.55 Å². The average Bonchev–Trinajstić information content (AvgIpc) is 3.46. The number of fused-ring (bicyclic) bond motifs is 2. The third-order valence-corrected chi connectivity index (χ3v) is 10.1. The molecule has 0 fully saturated rings. The van der Waals surface area contributed by atoms with E-state index in [1.165, 1.54) is 97.5 Å². The SMILES string of the molecule is CCCC[C@@H]1CCc2nc(N)sc2C1.CCCC[C@@H]1CCc2nc(N)sc2C1.Cc1ccc(S(=O)(=O)O)cc1. The topological polar surface area (TPSA) is 132 Å². The number of hydrogen-bond donors (Lipinski definition) is 3. The molecule has 3 aromatic rings. The van der Waals surface area contributed by atoms with E-state index < -0.39 is 10.1 Å². The van der Waals surface area contributed by atoms with E-state index in [0.29, 0.717) is 0 Å². The van der Waals surface area contributed by atoms with E-state index in [2.05, 4.69) is 23.8 Å². The van der Waals surface area contributed by atoms with Gasteiger partial charge in [0.15, 0.2) is 10.3 Å². The van der Waals surface area contributed by atoms with E-state index in [1.807, 2.05) is 6.92 Å². The van der Waals surface area contributed by atoms with E-state index >= 15 is 0 Å². The fourth-order valence-electron chi connectivity index (χ4n) is 5.12. The van der Waals surface area contributed by atoms with Crippen LogP contribution in [0, 0.1) is 18.8 Å². The van der Waals surface area contributed by atoms with Gasteiger partial charge in [-0.2, -0.15) is 8.42 Å². The fraction of sp³-hybridized carbons (Fsp3) is 0.586. The summed E-state index contributed by atoms with van der Waals surface area (Å²) in [5.74, 6) is 1.78. The first kappa shape index (κ1) is 31.5. The molecule has 0 radical (unpaired) electrons. The van der Waals surface area contributed by atoms with Gasteiger partial charge in [-0.1, -0.05) is 70.1 Å². The molecule has 0 saturated carbocycles. The third-order valence-electron chi connectivity index (χ3n) is 7.37. The number of hydrogen-bond acceptors (Lipinski definition) is 8. The van der Waals surface area contributed by atoms with Crippen LogP contribution in [0.25, 0.3) is 0 Å². The molecule has 2 aliphatic carbocycles. The van der Waals surface area contributed by atoms with Crippen molar-refractivity contribution in [2.75, 3.05) is 11.5 Å². The van der Waals surface area contributed by atoms with Crippen molar-refractivity contribution in [2.45, 2.75) is 103 Å². The summed E-state index contributed by atoms with van der Waals surface area (Å²) >= 11 is 3.39. The first-order chi connectivity index (χ1) is 18.6. The Bertz CT molecular complexity index is 1210. The number of anilines is 2. The molecule has 0 bridgehead atoms. The maximum atomic E-state index is 10.5. The van der Waals surface area contributed by atoms with Crippen molar-refractivity contribution in [3.63, 3.8) is 0 Å². The fourth-order valence-corrected chi connectivity index (χ4v) is 7.58. The van der Waals surface area contributed by atoms with Crippen molar-refractivity contribution < 1.29 is 13.0 Å². The number of rotatable bonds is 7. The highest BCUT2D eigenvalue weighted by atomic mass is 32.2. The Morgan fingerprint density at radius 3 is 1.67 bits per heavy atom. The van der Waals surface area contributed by atoms with Crippen molar-refractivity contribution in [1.82, 2.24) is 9.97 Å². The number of unbranched alkanes of at least 4 members (excludes halogenated alkanes) is 2. The standard InChI is InChI=1S/2C11H18N2S.C7H8O3S/c2*1-2-3-4-8-5-6-9-10(7-8)14-11(12)13-9;1-6-2-4-7(5-3-6)11(8,9)10/h2*8H,2-7H2,1H3,(H2,12,13);2-5H,1H3,(H,8,9,10)/t2*8-;/m11./s1. The summed E-state index contributed by atoms with van der Waals surface area (Å²) in [6, 6.07) is 5.99. The van der Waals surface area contributed by atoms with E-state index in [1.54, 1.807) is 34.8 Å². The van der Waals surface area contributed by atoms with Crippen LogP contribution in [0.4, 0.5) is 10.3 Å². The summed E-state index contributed by atoms with van der Waals surface area (Å²) in [6.07, 6.45) is 15.5. The first-order valence-corrected chi connectivity index (χ1v) is 17.2. The predicted octanol–water partition coefficient (Wildman–Crippen LogP) is 7.28. The Labute approximate surface area is 242 Å². The van der Waals surface area contributed by atoms with Gasteiger partial charge in [0, 0.05) is 9.75 Å². The van der Waals surface area contributed by atoms with Crippen molar-refractivity contribution in [1.29, 1.82) is 0 Å². The van der Waals surface area contributed by atoms with Crippen molar-refractivity contribution in [3.8, 4) is 0 Å².